The third-order valence-electron chi connectivity index (χ3n) is 5.00. The number of Topliss-reactive ketones (excluding diaryl/α,β-unsaturated/α-hetero) is 2. The number of nitrogens with zero attached hydrogens (tertiary/aromatic N) is 1. The van der Waals surface area contributed by atoms with E-state index in [0.29, 0.717) is 0 Å². The summed E-state index contributed by atoms with van der Waals surface area (Å²) in [6.45, 7) is 5.47. The summed E-state index contributed by atoms with van der Waals surface area (Å²) in [7, 11) is 0. The second-order valence-electron chi connectivity index (χ2n) is 6.86. The average molecular weight is 529 g/mol. The number of carbonyl (C=O) groups is 4. The van der Waals surface area contributed by atoms with Crippen molar-refractivity contribution in [2.24, 2.45) is 0 Å². The first-order valence-corrected chi connectivity index (χ1v) is 10.4. The molecule has 0 unspecified atom stereocenters. The molecule has 3 aromatic carbocycles. The molecule has 0 bridgehead atoms. The van der Waals surface area contributed by atoms with Gasteiger partial charge >= 0.3 is 0 Å². The van der Waals surface area contributed by atoms with Crippen molar-refractivity contribution in [2.75, 3.05) is 0 Å². The van der Waals surface area contributed by atoms with Gasteiger partial charge in [0.25, 0.3) is 11.8 Å². The Morgan fingerprint density at radius 1 is 0.618 bits per heavy atom. The number of benzene rings is 3. The van der Waals surface area contributed by atoms with Crippen molar-refractivity contribution < 1.29 is 51.9 Å². The van der Waals surface area contributed by atoms with Gasteiger partial charge in [0.2, 0.25) is 5.78 Å². The third-order valence-corrected chi connectivity index (χ3v) is 5.00. The zero-order valence-electron chi connectivity index (χ0n) is 19.7. The van der Waals surface area contributed by atoms with Crippen LogP contribution in [0.4, 0.5) is 0 Å². The maximum absolute atomic E-state index is 13.4. The molecule has 4 rings (SSSR count). The number of allylic oxidation sites excluding steroid dienone is 2. The predicted octanol–water partition coefficient (Wildman–Crippen LogP) is 5.80. The van der Waals surface area contributed by atoms with Gasteiger partial charge in [-0.25, -0.2) is 4.90 Å². The molecule has 0 aromatic heterocycles. The number of ketones is 2. The van der Waals surface area contributed by atoms with Gasteiger partial charge in [-0.3, -0.25) is 19.2 Å². The average Bonchev–Trinajstić information content (AvgIpc) is 2.87. The summed E-state index contributed by atoms with van der Waals surface area (Å²) in [6.07, 6.45) is 0. The smallest absolute Gasteiger partial charge is 0.265 e. The maximum atomic E-state index is 13.4. The molecule has 171 valence electrons. The topological polar surface area (TPSA) is 71.5 Å². The predicted molar refractivity (Wildman–Crippen MR) is 129 cm³/mol. The number of hydrogen-bond donors (Lipinski definition) is 0. The molecule has 1 aliphatic carbocycles. The largest absolute Gasteiger partial charge is 0.358 e. The fourth-order valence-corrected chi connectivity index (χ4v) is 3.47. The number of amides is 2. The minimum atomic E-state index is -0.667. The normalized spacial score (nSPS) is 11.7. The minimum Gasteiger partial charge on any atom is -0.358 e. The van der Waals surface area contributed by atoms with Gasteiger partial charge in [-0.05, 0) is 31.2 Å². The van der Waals surface area contributed by atoms with Crippen molar-refractivity contribution in [1.29, 1.82) is 0 Å². The minimum absolute atomic E-state index is 0. The van der Waals surface area contributed by atoms with Crippen LogP contribution in [-0.2, 0) is 32.7 Å². The van der Waals surface area contributed by atoms with Gasteiger partial charge in [-0.2, -0.15) is 0 Å². The Balaban J connectivity index is 0.00000141. The molecule has 0 heterocycles. The number of rotatable bonds is 3. The van der Waals surface area contributed by atoms with Gasteiger partial charge in [0, 0.05) is 60.5 Å². The second-order valence-corrected chi connectivity index (χ2v) is 6.86. The Kier molecular flexibility index (Phi) is 11.1. The Morgan fingerprint density at radius 3 is 1.38 bits per heavy atom. The van der Waals surface area contributed by atoms with Crippen molar-refractivity contribution in [3.05, 3.63) is 126 Å². The first kappa shape index (κ1) is 29.0. The molecule has 5 nitrogen and oxygen atoms in total. The van der Waals surface area contributed by atoms with Crippen molar-refractivity contribution in [3.8, 4) is 0 Å². The summed E-state index contributed by atoms with van der Waals surface area (Å²) in [6, 6.07) is 22.8. The van der Waals surface area contributed by atoms with Crippen LogP contribution in [0, 0.1) is 7.43 Å². The van der Waals surface area contributed by atoms with E-state index in [-0.39, 0.29) is 79.4 Å². The SMILES string of the molecule is CC.CC1=C(N(C(=O)c2ccccc2)C(=O)c2ccccc2)C(=O)c2ccccc2C1=O.[CH3-].[Y]. The van der Waals surface area contributed by atoms with E-state index >= 15 is 0 Å². The van der Waals surface area contributed by atoms with Gasteiger partial charge in [0.15, 0.2) is 5.78 Å². The zero-order valence-corrected chi connectivity index (χ0v) is 22.6. The van der Waals surface area contributed by atoms with Crippen LogP contribution in [0.3, 0.4) is 0 Å². The van der Waals surface area contributed by atoms with Crippen LogP contribution in [0.15, 0.2) is 96.2 Å². The van der Waals surface area contributed by atoms with E-state index in [0.717, 1.165) is 4.90 Å². The van der Waals surface area contributed by atoms with Crippen molar-refractivity contribution in [1.82, 2.24) is 4.90 Å². The number of imide groups is 1. The molecule has 0 saturated carbocycles. The fourth-order valence-electron chi connectivity index (χ4n) is 3.47. The number of hydrogen-bond acceptors (Lipinski definition) is 4. The molecule has 2 amide bonds. The number of fused-ring (bicyclic) bond motifs is 1. The van der Waals surface area contributed by atoms with Crippen LogP contribution in [0.2, 0.25) is 0 Å². The molecule has 0 fully saturated rings. The summed E-state index contributed by atoms with van der Waals surface area (Å²) in [5.41, 5.74) is 0.772. The molecule has 34 heavy (non-hydrogen) atoms. The molecule has 1 radical (unpaired) electrons. The standard InChI is InChI=1S/C25H17NO4.C2H6.CH3.Y/c1-16-21(23(28)20-15-9-8-14-19(20)22(16)27)26(24(29)17-10-4-2-5-11-17)25(30)18-12-6-3-7-13-18;1-2;;/h2-15H,1H3;1-2H3;1H3;/q;;-1;. The maximum Gasteiger partial charge on any atom is 0.265 e. The monoisotopic (exact) mass is 529 g/mol. The van der Waals surface area contributed by atoms with Crippen LogP contribution in [-0.4, -0.2) is 28.3 Å². The van der Waals surface area contributed by atoms with Gasteiger partial charge in [-0.1, -0.05) is 74.5 Å². The van der Waals surface area contributed by atoms with E-state index in [1.54, 1.807) is 78.9 Å². The number of carbonyl (C=O) groups excluding carboxylic acids is 4. The van der Waals surface area contributed by atoms with Crippen molar-refractivity contribution in [3.63, 3.8) is 0 Å². The van der Waals surface area contributed by atoms with Crippen LogP contribution < -0.4 is 0 Å². The molecule has 0 N–H and O–H groups in total. The fraction of sp³-hybridized carbons (Fsp3) is 0.107. The summed E-state index contributed by atoms with van der Waals surface area (Å²) in [5.74, 6) is -2.25. The summed E-state index contributed by atoms with van der Waals surface area (Å²) in [5, 5.41) is 0. The van der Waals surface area contributed by atoms with E-state index in [1.807, 2.05) is 13.8 Å². The van der Waals surface area contributed by atoms with Crippen molar-refractivity contribution in [2.45, 2.75) is 20.8 Å². The molecule has 0 atom stereocenters. The molecule has 6 heteroatoms. The molecule has 0 spiro atoms. The zero-order chi connectivity index (χ0) is 23.3. The quantitative estimate of drug-likeness (QED) is 0.318. The van der Waals surface area contributed by atoms with Gasteiger partial charge in [-0.15, -0.1) is 0 Å². The van der Waals surface area contributed by atoms with Gasteiger partial charge < -0.3 is 7.43 Å². The Bertz CT molecular complexity index is 1170. The van der Waals surface area contributed by atoms with Crippen LogP contribution >= 0.6 is 0 Å². The third kappa shape index (κ3) is 5.54. The van der Waals surface area contributed by atoms with Gasteiger partial charge in [0.1, 0.15) is 5.70 Å². The van der Waals surface area contributed by atoms with E-state index in [4.69, 9.17) is 0 Å². The summed E-state index contributed by atoms with van der Waals surface area (Å²) in [4.78, 5) is 53.8. The van der Waals surface area contributed by atoms with E-state index in [2.05, 4.69) is 0 Å². The molecular weight excluding hydrogens is 503 g/mol. The second kappa shape index (κ2) is 13.0. The van der Waals surface area contributed by atoms with Gasteiger partial charge in [0.05, 0.1) is 0 Å². The van der Waals surface area contributed by atoms with Crippen LogP contribution in [0.1, 0.15) is 62.2 Å². The Morgan fingerprint density at radius 2 is 0.971 bits per heavy atom. The van der Waals surface area contributed by atoms with E-state index in [9.17, 15) is 19.2 Å². The Hall–Kier alpha value is -3.02. The molecule has 3 aromatic rings. The molecular formula is C28H26NO4Y-. The van der Waals surface area contributed by atoms with E-state index in [1.165, 1.54) is 13.0 Å². The molecule has 0 aliphatic heterocycles. The molecule has 1 aliphatic rings. The molecule has 0 saturated heterocycles. The van der Waals surface area contributed by atoms with Crippen molar-refractivity contribution >= 4 is 23.4 Å². The van der Waals surface area contributed by atoms with Crippen LogP contribution in [0.25, 0.3) is 0 Å². The summed E-state index contributed by atoms with van der Waals surface area (Å²) < 4.78 is 0. The van der Waals surface area contributed by atoms with Crippen LogP contribution in [0.5, 0.6) is 0 Å². The first-order valence-electron chi connectivity index (χ1n) is 10.4. The first-order chi connectivity index (χ1) is 15.5. The van der Waals surface area contributed by atoms with E-state index < -0.39 is 17.6 Å². The Labute approximate surface area is 225 Å². The summed E-state index contributed by atoms with van der Waals surface area (Å²) >= 11 is 0.